The average molecular weight is 442 g/mol. The van der Waals surface area contributed by atoms with Crippen LogP contribution in [0.2, 0.25) is 0 Å². The third kappa shape index (κ3) is 2.97. The molecule has 5 rings (SSSR count). The highest BCUT2D eigenvalue weighted by Crippen LogP contribution is 2.45. The Bertz CT molecular complexity index is 1030. The number of fused-ring (bicyclic) bond motifs is 1. The largest absolute Gasteiger partial charge is 0.368 e. The summed E-state index contributed by atoms with van der Waals surface area (Å²) in [5.41, 5.74) is 0.487. The van der Waals surface area contributed by atoms with Crippen LogP contribution in [0.5, 0.6) is 0 Å². The maximum atomic E-state index is 15.1. The molecule has 8 nitrogen and oxygen atoms in total. The van der Waals surface area contributed by atoms with Gasteiger partial charge in [0.1, 0.15) is 11.9 Å². The Labute approximate surface area is 185 Å². The minimum atomic E-state index is -1.06. The van der Waals surface area contributed by atoms with Gasteiger partial charge in [-0.05, 0) is 37.3 Å². The van der Waals surface area contributed by atoms with Crippen LogP contribution in [-0.4, -0.2) is 60.2 Å². The molecule has 0 aliphatic carbocycles. The van der Waals surface area contributed by atoms with E-state index in [0.29, 0.717) is 25.0 Å². The summed E-state index contributed by atoms with van der Waals surface area (Å²) in [7, 11) is 0. The molecule has 0 saturated carbocycles. The summed E-state index contributed by atoms with van der Waals surface area (Å²) in [6.45, 7) is 6.53. The van der Waals surface area contributed by atoms with Crippen molar-refractivity contribution in [2.45, 2.75) is 51.6 Å². The Balaban J connectivity index is 1.43. The number of rotatable bonds is 3. The Hall–Kier alpha value is -2.81. The lowest BCUT2D eigenvalue weighted by Crippen LogP contribution is -2.67. The third-order valence-electron chi connectivity index (χ3n) is 7.61. The second-order valence-electron chi connectivity index (χ2n) is 9.72. The fourth-order valence-corrected chi connectivity index (χ4v) is 5.94. The number of piperidine rings is 2. The fourth-order valence-electron chi connectivity index (χ4n) is 5.94. The summed E-state index contributed by atoms with van der Waals surface area (Å²) in [6, 6.07) is 1.91. The van der Waals surface area contributed by atoms with Gasteiger partial charge < -0.3 is 10.2 Å². The molecule has 170 valence electrons. The summed E-state index contributed by atoms with van der Waals surface area (Å²) in [6.07, 6.45) is 1.88. The summed E-state index contributed by atoms with van der Waals surface area (Å²) in [5, 5.41) is 5.70. The highest BCUT2D eigenvalue weighted by atomic mass is 19.1. The zero-order chi connectivity index (χ0) is 22.8. The van der Waals surface area contributed by atoms with Crippen molar-refractivity contribution < 1.29 is 23.6 Å². The van der Waals surface area contributed by atoms with Gasteiger partial charge in [0.05, 0.1) is 16.8 Å². The van der Waals surface area contributed by atoms with Crippen molar-refractivity contribution in [2.75, 3.05) is 24.5 Å². The van der Waals surface area contributed by atoms with Gasteiger partial charge in [0.2, 0.25) is 11.8 Å². The molecule has 4 aliphatic rings. The highest BCUT2D eigenvalue weighted by molar-refractivity contribution is 6.25. The number of anilines is 1. The molecule has 0 aromatic heterocycles. The van der Waals surface area contributed by atoms with E-state index in [1.165, 1.54) is 12.1 Å². The van der Waals surface area contributed by atoms with Crippen LogP contribution < -0.4 is 15.5 Å². The first kappa shape index (κ1) is 21.1. The molecule has 2 atom stereocenters. The molecular formula is C23H27FN4O4. The number of amides is 4. The van der Waals surface area contributed by atoms with E-state index in [4.69, 9.17) is 0 Å². The molecule has 3 saturated heterocycles. The molecular weight excluding hydrogens is 415 g/mol. The van der Waals surface area contributed by atoms with E-state index in [0.717, 1.165) is 24.3 Å². The number of nitrogens with one attached hydrogen (secondary N) is 2. The van der Waals surface area contributed by atoms with Gasteiger partial charge in [-0.15, -0.1) is 0 Å². The highest BCUT2D eigenvalue weighted by Gasteiger charge is 2.51. The second-order valence-corrected chi connectivity index (χ2v) is 9.72. The summed E-state index contributed by atoms with van der Waals surface area (Å²) < 4.78 is 15.1. The molecule has 1 spiro atoms. The molecule has 1 aromatic carbocycles. The predicted molar refractivity (Wildman–Crippen MR) is 114 cm³/mol. The second kappa shape index (κ2) is 7.37. The van der Waals surface area contributed by atoms with Crippen LogP contribution in [0.1, 0.15) is 60.2 Å². The van der Waals surface area contributed by atoms with Crippen molar-refractivity contribution in [2.24, 2.45) is 11.3 Å². The summed E-state index contributed by atoms with van der Waals surface area (Å²) in [5.74, 6) is -2.42. The van der Waals surface area contributed by atoms with E-state index in [2.05, 4.69) is 24.5 Å². The number of carbonyl (C=O) groups excluding carboxylic acids is 4. The maximum absolute atomic E-state index is 15.1. The predicted octanol–water partition coefficient (Wildman–Crippen LogP) is 1.44. The molecule has 3 fully saturated rings. The van der Waals surface area contributed by atoms with Crippen molar-refractivity contribution in [3.05, 3.63) is 29.1 Å². The molecule has 4 aliphatic heterocycles. The van der Waals surface area contributed by atoms with Gasteiger partial charge in [-0.25, -0.2) is 4.39 Å². The molecule has 0 radical (unpaired) electrons. The number of imide groups is 2. The van der Waals surface area contributed by atoms with Gasteiger partial charge in [-0.3, -0.25) is 29.4 Å². The molecule has 32 heavy (non-hydrogen) atoms. The Morgan fingerprint density at radius 1 is 1.09 bits per heavy atom. The van der Waals surface area contributed by atoms with Crippen molar-refractivity contribution in [3.63, 3.8) is 0 Å². The number of nitrogens with zero attached hydrogens (tertiary/aromatic N) is 2. The summed E-state index contributed by atoms with van der Waals surface area (Å²) >= 11 is 0. The lowest BCUT2D eigenvalue weighted by Gasteiger charge is -2.56. The van der Waals surface area contributed by atoms with Crippen molar-refractivity contribution >= 4 is 29.3 Å². The van der Waals surface area contributed by atoms with Crippen molar-refractivity contribution in [3.8, 4) is 0 Å². The zero-order valence-electron chi connectivity index (χ0n) is 18.2. The van der Waals surface area contributed by atoms with Crippen molar-refractivity contribution in [1.82, 2.24) is 15.5 Å². The fraction of sp³-hybridized carbons (Fsp3) is 0.565. The molecule has 4 heterocycles. The maximum Gasteiger partial charge on any atom is 0.264 e. The molecule has 2 N–H and O–H groups in total. The Morgan fingerprint density at radius 2 is 1.81 bits per heavy atom. The van der Waals surface area contributed by atoms with Crippen LogP contribution in [0.3, 0.4) is 0 Å². The van der Waals surface area contributed by atoms with E-state index in [9.17, 15) is 19.2 Å². The molecule has 2 unspecified atom stereocenters. The number of hydrogen-bond acceptors (Lipinski definition) is 6. The number of halogens is 1. The Kier molecular flexibility index (Phi) is 4.85. The molecule has 4 amide bonds. The lowest BCUT2D eigenvalue weighted by molar-refractivity contribution is -0.136. The first-order valence-corrected chi connectivity index (χ1v) is 11.3. The van der Waals surface area contributed by atoms with Crippen LogP contribution in [-0.2, 0) is 9.59 Å². The van der Waals surface area contributed by atoms with Gasteiger partial charge in [-0.2, -0.15) is 0 Å². The molecule has 1 aromatic rings. The normalized spacial score (nSPS) is 27.1. The monoisotopic (exact) mass is 442 g/mol. The standard InChI is InChI=1S/C23H27FN4O4/c1-12(2)19-23(11-25-19)7-9-27(10-8-23)18-14(24)4-3-13-17(18)22(32)28(21(13)31)15-5-6-16(29)26-20(15)30/h3-4,12,15,19,25H,5-11H2,1-2H3,(H,26,29,30). The van der Waals surface area contributed by atoms with Gasteiger partial charge >= 0.3 is 0 Å². The van der Waals surface area contributed by atoms with Crippen molar-refractivity contribution in [1.29, 1.82) is 0 Å². The first-order valence-electron chi connectivity index (χ1n) is 11.3. The topological polar surface area (TPSA) is 98.8 Å². The van der Waals surface area contributed by atoms with Crippen LogP contribution in [0.15, 0.2) is 12.1 Å². The Morgan fingerprint density at radius 3 is 2.41 bits per heavy atom. The van der Waals surface area contributed by atoms with Crippen LogP contribution in [0.4, 0.5) is 10.1 Å². The van der Waals surface area contributed by atoms with Crippen LogP contribution in [0, 0.1) is 17.2 Å². The minimum Gasteiger partial charge on any atom is -0.368 e. The SMILES string of the molecule is CC(C)C1NCC12CCN(c1c(F)ccc3c1C(=O)N(C1CCC(=O)NC1=O)C3=O)CC2. The minimum absolute atomic E-state index is 0.0304. The van der Waals surface area contributed by atoms with Gasteiger partial charge in [0.25, 0.3) is 11.8 Å². The smallest absolute Gasteiger partial charge is 0.264 e. The zero-order valence-corrected chi connectivity index (χ0v) is 18.2. The van der Waals surface area contributed by atoms with E-state index in [1.807, 2.05) is 4.90 Å². The van der Waals surface area contributed by atoms with E-state index in [1.54, 1.807) is 0 Å². The third-order valence-corrected chi connectivity index (χ3v) is 7.61. The quantitative estimate of drug-likeness (QED) is 0.688. The van der Waals surface area contributed by atoms with E-state index >= 15 is 4.39 Å². The van der Waals surface area contributed by atoms with Gasteiger partial charge in [0.15, 0.2) is 0 Å². The number of benzene rings is 1. The molecule has 9 heteroatoms. The van der Waals surface area contributed by atoms with E-state index < -0.39 is 35.5 Å². The van der Waals surface area contributed by atoms with Crippen LogP contribution >= 0.6 is 0 Å². The number of hydrogen-bond donors (Lipinski definition) is 2. The van der Waals surface area contributed by atoms with Crippen LogP contribution in [0.25, 0.3) is 0 Å². The first-order chi connectivity index (χ1) is 15.2. The lowest BCUT2D eigenvalue weighted by atomic mass is 9.63. The average Bonchev–Trinajstić information content (AvgIpc) is 2.97. The van der Waals surface area contributed by atoms with Gasteiger partial charge in [0, 0.05) is 37.5 Å². The number of carbonyl (C=O) groups is 4. The summed E-state index contributed by atoms with van der Waals surface area (Å²) in [4.78, 5) is 52.9. The van der Waals surface area contributed by atoms with Gasteiger partial charge in [-0.1, -0.05) is 13.8 Å². The van der Waals surface area contributed by atoms with E-state index in [-0.39, 0.29) is 35.1 Å². The molecule has 0 bridgehead atoms.